The van der Waals surface area contributed by atoms with Crippen molar-refractivity contribution in [3.63, 3.8) is 0 Å². The Labute approximate surface area is 79.5 Å². The topological polar surface area (TPSA) is 73.2 Å². The molecule has 6 heteroatoms. The van der Waals surface area contributed by atoms with Crippen LogP contribution in [0, 0.1) is 11.3 Å². The second-order valence-electron chi connectivity index (χ2n) is 3.08. The zero-order valence-corrected chi connectivity index (χ0v) is 9.09. The highest BCUT2D eigenvalue weighted by atomic mass is 32.2. The van der Waals surface area contributed by atoms with Gasteiger partial charge in [-0.2, -0.15) is 22.7 Å². The maximum atomic E-state index is 11.4. The first-order chi connectivity index (χ1) is 5.81. The molecule has 0 aliphatic carbocycles. The maximum Gasteiger partial charge on any atom is 0.280 e. The van der Waals surface area contributed by atoms with Crippen molar-refractivity contribution in [2.75, 3.05) is 7.05 Å². The fourth-order valence-corrected chi connectivity index (χ4v) is 1.83. The predicted molar refractivity (Wildman–Crippen MR) is 50.0 cm³/mol. The summed E-state index contributed by atoms with van der Waals surface area (Å²) in [5.74, 6) is 0. The Hall–Kier alpha value is -0.640. The van der Waals surface area contributed by atoms with E-state index in [2.05, 4.69) is 4.72 Å². The smallest absolute Gasteiger partial charge is 0.197 e. The van der Waals surface area contributed by atoms with Crippen molar-refractivity contribution in [1.29, 1.82) is 5.26 Å². The molecule has 5 nitrogen and oxygen atoms in total. The lowest BCUT2D eigenvalue weighted by Gasteiger charge is -2.21. The lowest BCUT2D eigenvalue weighted by atomic mass is 10.4. The zero-order valence-electron chi connectivity index (χ0n) is 8.27. The maximum absolute atomic E-state index is 11.4. The lowest BCUT2D eigenvalue weighted by molar-refractivity contribution is 0.401. The van der Waals surface area contributed by atoms with Crippen molar-refractivity contribution in [1.82, 2.24) is 9.03 Å². The first-order valence-electron chi connectivity index (χ1n) is 3.96. The van der Waals surface area contributed by atoms with Crippen LogP contribution in [0.15, 0.2) is 0 Å². The van der Waals surface area contributed by atoms with E-state index < -0.39 is 16.3 Å². The SMILES string of the molecule is CC(C#N)NS(=O)(=O)N(C)C(C)C. The number of nitriles is 1. The van der Waals surface area contributed by atoms with Crippen LogP contribution in [0.25, 0.3) is 0 Å². The molecular formula is C7H15N3O2S. The normalized spacial score (nSPS) is 14.5. The zero-order chi connectivity index (χ0) is 10.6. The molecule has 1 unspecified atom stereocenters. The summed E-state index contributed by atoms with van der Waals surface area (Å²) >= 11 is 0. The van der Waals surface area contributed by atoms with Crippen LogP contribution >= 0.6 is 0 Å². The summed E-state index contributed by atoms with van der Waals surface area (Å²) in [6, 6.07) is 0.973. The van der Waals surface area contributed by atoms with Gasteiger partial charge in [-0.05, 0) is 20.8 Å². The van der Waals surface area contributed by atoms with Crippen LogP contribution in [0.1, 0.15) is 20.8 Å². The number of nitrogens with one attached hydrogen (secondary N) is 1. The molecular weight excluding hydrogens is 190 g/mol. The van der Waals surface area contributed by atoms with E-state index in [-0.39, 0.29) is 6.04 Å². The number of hydrogen-bond acceptors (Lipinski definition) is 3. The molecule has 0 aromatic heterocycles. The van der Waals surface area contributed by atoms with Crippen LogP contribution in [0.4, 0.5) is 0 Å². The Balaban J connectivity index is 4.52. The highest BCUT2D eigenvalue weighted by molar-refractivity contribution is 7.87. The van der Waals surface area contributed by atoms with E-state index in [4.69, 9.17) is 5.26 Å². The van der Waals surface area contributed by atoms with Gasteiger partial charge in [0.05, 0.1) is 6.07 Å². The molecule has 0 saturated carbocycles. The van der Waals surface area contributed by atoms with Gasteiger partial charge in [0.15, 0.2) is 0 Å². The van der Waals surface area contributed by atoms with Gasteiger partial charge in [0.1, 0.15) is 6.04 Å². The standard InChI is InChI=1S/C7H15N3O2S/c1-6(2)10(4)13(11,12)9-7(3)5-8/h6-7,9H,1-4H3. The summed E-state index contributed by atoms with van der Waals surface area (Å²) in [5, 5.41) is 8.42. The minimum absolute atomic E-state index is 0.122. The van der Waals surface area contributed by atoms with E-state index in [1.807, 2.05) is 0 Å². The van der Waals surface area contributed by atoms with E-state index in [1.54, 1.807) is 19.9 Å². The van der Waals surface area contributed by atoms with Crippen LogP contribution in [0.5, 0.6) is 0 Å². The number of rotatable bonds is 4. The van der Waals surface area contributed by atoms with Gasteiger partial charge in [0.25, 0.3) is 10.2 Å². The molecule has 1 atom stereocenters. The largest absolute Gasteiger partial charge is 0.280 e. The van der Waals surface area contributed by atoms with Gasteiger partial charge in [0, 0.05) is 13.1 Å². The Morgan fingerprint density at radius 2 is 1.85 bits per heavy atom. The Morgan fingerprint density at radius 1 is 1.38 bits per heavy atom. The summed E-state index contributed by atoms with van der Waals surface area (Å²) in [4.78, 5) is 0. The molecule has 0 bridgehead atoms. The van der Waals surface area contributed by atoms with E-state index in [9.17, 15) is 8.42 Å². The molecule has 0 aliphatic heterocycles. The van der Waals surface area contributed by atoms with Crippen molar-refractivity contribution in [3.8, 4) is 6.07 Å². The molecule has 13 heavy (non-hydrogen) atoms. The van der Waals surface area contributed by atoms with Crippen LogP contribution in [-0.4, -0.2) is 31.9 Å². The summed E-state index contributed by atoms with van der Waals surface area (Å²) in [6.45, 7) is 5.01. The molecule has 0 amide bonds. The van der Waals surface area contributed by atoms with E-state index in [0.717, 1.165) is 0 Å². The van der Waals surface area contributed by atoms with E-state index >= 15 is 0 Å². The third-order valence-corrected chi connectivity index (χ3v) is 3.46. The quantitative estimate of drug-likeness (QED) is 0.706. The van der Waals surface area contributed by atoms with Crippen LogP contribution in [0.3, 0.4) is 0 Å². The molecule has 0 fully saturated rings. The first-order valence-corrected chi connectivity index (χ1v) is 5.40. The van der Waals surface area contributed by atoms with Crippen LogP contribution < -0.4 is 4.72 Å². The van der Waals surface area contributed by atoms with Crippen LogP contribution in [-0.2, 0) is 10.2 Å². The highest BCUT2D eigenvalue weighted by Gasteiger charge is 2.21. The molecule has 0 heterocycles. The average Bonchev–Trinajstić information content (AvgIpc) is 2.01. The van der Waals surface area contributed by atoms with Crippen molar-refractivity contribution in [3.05, 3.63) is 0 Å². The van der Waals surface area contributed by atoms with Crippen molar-refractivity contribution in [2.45, 2.75) is 32.9 Å². The summed E-state index contributed by atoms with van der Waals surface area (Å²) in [5.41, 5.74) is 0. The second-order valence-corrected chi connectivity index (χ2v) is 4.85. The van der Waals surface area contributed by atoms with Gasteiger partial charge in [-0.3, -0.25) is 0 Å². The summed E-state index contributed by atoms with van der Waals surface area (Å²) in [7, 11) is -2.04. The molecule has 76 valence electrons. The monoisotopic (exact) mass is 205 g/mol. The summed E-state index contributed by atoms with van der Waals surface area (Å²) in [6.07, 6.45) is 0. The van der Waals surface area contributed by atoms with Gasteiger partial charge >= 0.3 is 0 Å². The lowest BCUT2D eigenvalue weighted by Crippen LogP contribution is -2.44. The van der Waals surface area contributed by atoms with Crippen LogP contribution in [0.2, 0.25) is 0 Å². The van der Waals surface area contributed by atoms with E-state index in [0.29, 0.717) is 0 Å². The first kappa shape index (κ1) is 12.4. The summed E-state index contributed by atoms with van der Waals surface area (Å²) < 4.78 is 26.2. The molecule has 0 aromatic rings. The van der Waals surface area contributed by atoms with Crippen molar-refractivity contribution >= 4 is 10.2 Å². The molecule has 1 N–H and O–H groups in total. The molecule has 0 aromatic carbocycles. The average molecular weight is 205 g/mol. The van der Waals surface area contributed by atoms with Crippen molar-refractivity contribution in [2.24, 2.45) is 0 Å². The van der Waals surface area contributed by atoms with Gasteiger partial charge in [-0.1, -0.05) is 0 Å². The Kier molecular flexibility index (Phi) is 4.33. The second kappa shape index (κ2) is 4.56. The van der Waals surface area contributed by atoms with Crippen molar-refractivity contribution < 1.29 is 8.42 Å². The minimum atomic E-state index is -3.51. The third-order valence-electron chi connectivity index (χ3n) is 1.63. The Bertz CT molecular complexity index is 291. The van der Waals surface area contributed by atoms with Gasteiger partial charge in [-0.25, -0.2) is 0 Å². The molecule has 0 spiro atoms. The van der Waals surface area contributed by atoms with Gasteiger partial charge < -0.3 is 0 Å². The number of nitrogens with zero attached hydrogens (tertiary/aromatic N) is 2. The molecule has 0 radical (unpaired) electrons. The molecule has 0 rings (SSSR count). The highest BCUT2D eigenvalue weighted by Crippen LogP contribution is 2.01. The molecule has 0 aliphatic rings. The number of hydrogen-bond donors (Lipinski definition) is 1. The fraction of sp³-hybridized carbons (Fsp3) is 0.857. The Morgan fingerprint density at radius 3 is 2.15 bits per heavy atom. The fourth-order valence-electron chi connectivity index (χ4n) is 0.610. The van der Waals surface area contributed by atoms with Gasteiger partial charge in [0.2, 0.25) is 0 Å². The predicted octanol–water partition coefficient (Wildman–Crippen LogP) is 0.0731. The van der Waals surface area contributed by atoms with Gasteiger partial charge in [-0.15, -0.1) is 0 Å². The third kappa shape index (κ3) is 3.72. The molecule has 0 saturated heterocycles. The minimum Gasteiger partial charge on any atom is -0.197 e. The van der Waals surface area contributed by atoms with E-state index in [1.165, 1.54) is 18.3 Å².